The van der Waals surface area contributed by atoms with Crippen LogP contribution in [0.4, 0.5) is 10.1 Å². The lowest BCUT2D eigenvalue weighted by Gasteiger charge is -2.49. The third-order valence-electron chi connectivity index (χ3n) is 7.58. The highest BCUT2D eigenvalue weighted by Crippen LogP contribution is 2.42. The van der Waals surface area contributed by atoms with Gasteiger partial charge in [0.15, 0.2) is 0 Å². The van der Waals surface area contributed by atoms with E-state index in [2.05, 4.69) is 46.3 Å². The van der Waals surface area contributed by atoms with Gasteiger partial charge < -0.3 is 9.80 Å². The van der Waals surface area contributed by atoms with Crippen molar-refractivity contribution in [3.63, 3.8) is 0 Å². The number of aromatic amines is 1. The maximum atomic E-state index is 14.8. The molecule has 2 fully saturated rings. The number of likely N-dealkylation sites (tertiary alicyclic amines) is 1. The zero-order valence-electron chi connectivity index (χ0n) is 20.1. The standard InChI is InChI=1S/C29H27FN4O2/c1-19-6-9-21(10-7-19)34-17-29(18-34)12-13-33(16-29)28(36)24-14-20(8-11-25(24)30)15-26-22-4-2-3-5-23(22)27(35)32-31-26/h2-11,14H,12-13,15-18H2,1H3,(H,32,35). The average Bonchev–Trinajstić information content (AvgIpc) is 3.32. The molecule has 1 spiro atoms. The van der Waals surface area contributed by atoms with E-state index in [0.717, 1.165) is 30.5 Å². The van der Waals surface area contributed by atoms with Gasteiger partial charge in [-0.3, -0.25) is 9.59 Å². The molecule has 2 aliphatic rings. The molecule has 0 saturated carbocycles. The van der Waals surface area contributed by atoms with Gasteiger partial charge in [0, 0.05) is 49.1 Å². The molecular formula is C29H27FN4O2. The van der Waals surface area contributed by atoms with Crippen molar-refractivity contribution in [3.05, 3.63) is 105 Å². The molecule has 3 aromatic carbocycles. The van der Waals surface area contributed by atoms with Crippen molar-refractivity contribution >= 4 is 22.4 Å². The SMILES string of the molecule is Cc1ccc(N2CC3(CCN(C(=O)c4cc(Cc5n[nH]c(=O)c6ccccc56)ccc4F)C3)C2)cc1. The fourth-order valence-electron chi connectivity index (χ4n) is 5.58. The minimum Gasteiger partial charge on any atom is -0.370 e. The fraction of sp³-hybridized carbons (Fsp3) is 0.276. The molecule has 36 heavy (non-hydrogen) atoms. The fourth-order valence-corrected chi connectivity index (χ4v) is 5.58. The van der Waals surface area contributed by atoms with Crippen LogP contribution in [0.3, 0.4) is 0 Å². The second-order valence-electron chi connectivity index (χ2n) is 10.2. The Morgan fingerprint density at radius 2 is 1.78 bits per heavy atom. The minimum atomic E-state index is -0.515. The smallest absolute Gasteiger partial charge is 0.272 e. The number of H-pyrrole nitrogens is 1. The maximum Gasteiger partial charge on any atom is 0.272 e. The van der Waals surface area contributed by atoms with Crippen LogP contribution < -0.4 is 10.5 Å². The Hall–Kier alpha value is -4.00. The van der Waals surface area contributed by atoms with E-state index < -0.39 is 5.82 Å². The van der Waals surface area contributed by atoms with Crippen LogP contribution in [0.1, 0.15) is 33.6 Å². The van der Waals surface area contributed by atoms with E-state index in [1.807, 2.05) is 12.1 Å². The number of hydrogen-bond donors (Lipinski definition) is 1. The molecular weight excluding hydrogens is 455 g/mol. The molecule has 3 heterocycles. The molecule has 6 rings (SSSR count). The number of benzene rings is 3. The number of hydrogen-bond acceptors (Lipinski definition) is 4. The van der Waals surface area contributed by atoms with Gasteiger partial charge in [0.1, 0.15) is 5.82 Å². The van der Waals surface area contributed by atoms with Crippen LogP contribution in [0, 0.1) is 18.2 Å². The van der Waals surface area contributed by atoms with Gasteiger partial charge in [-0.15, -0.1) is 0 Å². The first kappa shape index (κ1) is 22.5. The van der Waals surface area contributed by atoms with Crippen LogP contribution in [-0.2, 0) is 6.42 Å². The number of amides is 1. The Morgan fingerprint density at radius 3 is 2.56 bits per heavy atom. The first-order chi connectivity index (χ1) is 17.4. The number of nitrogens with one attached hydrogen (secondary N) is 1. The summed E-state index contributed by atoms with van der Waals surface area (Å²) < 4.78 is 14.8. The van der Waals surface area contributed by atoms with E-state index in [1.165, 1.54) is 17.3 Å². The molecule has 182 valence electrons. The molecule has 2 aliphatic heterocycles. The zero-order valence-corrected chi connectivity index (χ0v) is 20.1. The summed E-state index contributed by atoms with van der Waals surface area (Å²) in [6.45, 7) is 5.18. The molecule has 1 amide bonds. The third kappa shape index (κ3) is 3.94. The van der Waals surface area contributed by atoms with Crippen molar-refractivity contribution in [2.24, 2.45) is 5.41 Å². The predicted molar refractivity (Wildman–Crippen MR) is 138 cm³/mol. The van der Waals surface area contributed by atoms with Gasteiger partial charge in [0.25, 0.3) is 11.5 Å². The quantitative estimate of drug-likeness (QED) is 0.471. The topological polar surface area (TPSA) is 69.3 Å². The summed E-state index contributed by atoms with van der Waals surface area (Å²) in [5.41, 5.74) is 3.82. The zero-order chi connectivity index (χ0) is 24.9. The highest BCUT2D eigenvalue weighted by atomic mass is 19.1. The first-order valence-corrected chi connectivity index (χ1v) is 12.3. The van der Waals surface area contributed by atoms with Gasteiger partial charge >= 0.3 is 0 Å². The Bertz CT molecular complexity index is 1520. The summed E-state index contributed by atoms with van der Waals surface area (Å²) in [5.74, 6) is -0.779. The summed E-state index contributed by atoms with van der Waals surface area (Å²) in [6.07, 6.45) is 1.31. The highest BCUT2D eigenvalue weighted by molar-refractivity contribution is 5.95. The highest BCUT2D eigenvalue weighted by Gasteiger charge is 2.49. The molecule has 0 bridgehead atoms. The van der Waals surface area contributed by atoms with Crippen LogP contribution in [0.25, 0.3) is 10.8 Å². The summed E-state index contributed by atoms with van der Waals surface area (Å²) >= 11 is 0. The third-order valence-corrected chi connectivity index (χ3v) is 7.58. The Kier molecular flexibility index (Phi) is 5.36. The number of aromatic nitrogens is 2. The van der Waals surface area contributed by atoms with Gasteiger partial charge in [-0.1, -0.05) is 42.0 Å². The van der Waals surface area contributed by atoms with Crippen molar-refractivity contribution in [1.29, 1.82) is 0 Å². The summed E-state index contributed by atoms with van der Waals surface area (Å²) in [4.78, 5) is 29.6. The minimum absolute atomic E-state index is 0.0768. The largest absolute Gasteiger partial charge is 0.370 e. The summed E-state index contributed by atoms with van der Waals surface area (Å²) in [5, 5.41) is 8.07. The lowest BCUT2D eigenvalue weighted by atomic mass is 9.78. The maximum absolute atomic E-state index is 14.8. The Balaban J connectivity index is 1.18. The van der Waals surface area contributed by atoms with E-state index in [1.54, 1.807) is 29.2 Å². The van der Waals surface area contributed by atoms with Crippen molar-refractivity contribution < 1.29 is 9.18 Å². The van der Waals surface area contributed by atoms with Crippen LogP contribution in [-0.4, -0.2) is 47.2 Å². The first-order valence-electron chi connectivity index (χ1n) is 12.3. The van der Waals surface area contributed by atoms with Gasteiger partial charge in [0.2, 0.25) is 0 Å². The molecule has 7 heteroatoms. The predicted octanol–water partition coefficient (Wildman–Crippen LogP) is 4.31. The molecule has 0 radical (unpaired) electrons. The molecule has 0 aliphatic carbocycles. The monoisotopic (exact) mass is 482 g/mol. The molecule has 1 N–H and O–H groups in total. The number of anilines is 1. The lowest BCUT2D eigenvalue weighted by molar-refractivity contribution is 0.0758. The van der Waals surface area contributed by atoms with Gasteiger partial charge in [-0.2, -0.15) is 5.10 Å². The van der Waals surface area contributed by atoms with Crippen LogP contribution in [0.2, 0.25) is 0 Å². The molecule has 0 atom stereocenters. The number of rotatable bonds is 4. The average molecular weight is 483 g/mol. The normalized spacial score (nSPS) is 16.5. The van der Waals surface area contributed by atoms with Gasteiger partial charge in [-0.05, 0) is 49.2 Å². The van der Waals surface area contributed by atoms with E-state index in [-0.39, 0.29) is 22.4 Å². The van der Waals surface area contributed by atoms with Crippen molar-refractivity contribution in [1.82, 2.24) is 15.1 Å². The van der Waals surface area contributed by atoms with Gasteiger partial charge in [-0.25, -0.2) is 9.49 Å². The number of fused-ring (bicyclic) bond motifs is 1. The van der Waals surface area contributed by atoms with Crippen molar-refractivity contribution in [3.8, 4) is 0 Å². The number of carbonyl (C=O) groups is 1. The Morgan fingerprint density at radius 1 is 1.03 bits per heavy atom. The molecule has 2 saturated heterocycles. The molecule has 6 nitrogen and oxygen atoms in total. The van der Waals surface area contributed by atoms with Crippen LogP contribution in [0.15, 0.2) is 71.5 Å². The molecule has 0 unspecified atom stereocenters. The van der Waals surface area contributed by atoms with E-state index in [4.69, 9.17) is 0 Å². The number of aryl methyl sites for hydroxylation is 1. The second kappa shape index (κ2) is 8.59. The molecule has 4 aromatic rings. The van der Waals surface area contributed by atoms with Crippen LogP contribution >= 0.6 is 0 Å². The Labute approximate surface area is 208 Å². The summed E-state index contributed by atoms with van der Waals surface area (Å²) in [6, 6.07) is 20.4. The second-order valence-corrected chi connectivity index (χ2v) is 10.2. The molecule has 1 aromatic heterocycles. The number of nitrogens with zero attached hydrogens (tertiary/aromatic N) is 3. The van der Waals surface area contributed by atoms with E-state index in [0.29, 0.717) is 30.6 Å². The van der Waals surface area contributed by atoms with E-state index >= 15 is 0 Å². The van der Waals surface area contributed by atoms with Crippen molar-refractivity contribution in [2.45, 2.75) is 19.8 Å². The van der Waals surface area contributed by atoms with Crippen LogP contribution in [0.5, 0.6) is 0 Å². The number of halogens is 1. The number of carbonyl (C=O) groups excluding carboxylic acids is 1. The van der Waals surface area contributed by atoms with Gasteiger partial charge in [0.05, 0.1) is 16.6 Å². The lowest BCUT2D eigenvalue weighted by Crippen LogP contribution is -2.58. The summed E-state index contributed by atoms with van der Waals surface area (Å²) in [7, 11) is 0. The van der Waals surface area contributed by atoms with E-state index in [9.17, 15) is 14.0 Å². The van der Waals surface area contributed by atoms with Crippen molar-refractivity contribution in [2.75, 3.05) is 31.1 Å².